The lowest BCUT2D eigenvalue weighted by Gasteiger charge is -2.30. The van der Waals surface area contributed by atoms with Gasteiger partial charge in [-0.1, -0.05) is 18.2 Å². The molecular formula is C17H23NO. The third-order valence-corrected chi connectivity index (χ3v) is 4.85. The molecule has 2 aliphatic carbocycles. The summed E-state index contributed by atoms with van der Waals surface area (Å²) in [5, 5.41) is 3.48. The van der Waals surface area contributed by atoms with Gasteiger partial charge in [-0.05, 0) is 61.8 Å². The van der Waals surface area contributed by atoms with Crippen LogP contribution in [0.15, 0.2) is 18.2 Å². The summed E-state index contributed by atoms with van der Waals surface area (Å²) in [5.74, 6) is 1.06. The molecule has 0 aromatic heterocycles. The highest BCUT2D eigenvalue weighted by molar-refractivity contribution is 5.79. The molecule has 0 saturated heterocycles. The van der Waals surface area contributed by atoms with E-state index in [0.29, 0.717) is 17.7 Å². The molecule has 1 saturated carbocycles. The van der Waals surface area contributed by atoms with Gasteiger partial charge in [-0.25, -0.2) is 0 Å². The molecule has 3 rings (SSSR count). The Hall–Kier alpha value is -1.15. The molecule has 2 heteroatoms. The molecule has 1 aromatic rings. The average Bonchev–Trinajstić information content (AvgIpc) is 2.89. The number of hydrogen-bond donors (Lipinski definition) is 1. The maximum atomic E-state index is 11.4. The molecule has 1 unspecified atom stereocenters. The van der Waals surface area contributed by atoms with Crippen LogP contribution in [-0.4, -0.2) is 12.8 Å². The fraction of sp³-hybridized carbons (Fsp3) is 0.588. The van der Waals surface area contributed by atoms with E-state index in [1.807, 2.05) is 7.05 Å². The Morgan fingerprint density at radius 2 is 1.84 bits per heavy atom. The normalized spacial score (nSPS) is 21.4. The lowest BCUT2D eigenvalue weighted by Crippen LogP contribution is -2.28. The van der Waals surface area contributed by atoms with Crippen molar-refractivity contribution in [3.63, 3.8) is 0 Å². The third-order valence-electron chi connectivity index (χ3n) is 4.85. The quantitative estimate of drug-likeness (QED) is 0.901. The molecule has 1 N–H and O–H groups in total. The van der Waals surface area contributed by atoms with Crippen molar-refractivity contribution in [3.8, 4) is 0 Å². The predicted octanol–water partition coefficient (Wildman–Crippen LogP) is 3.20. The second-order valence-corrected chi connectivity index (χ2v) is 6.02. The van der Waals surface area contributed by atoms with Crippen molar-refractivity contribution in [1.82, 2.24) is 5.32 Å². The second kappa shape index (κ2) is 5.46. The van der Waals surface area contributed by atoms with E-state index in [1.165, 1.54) is 30.4 Å². The van der Waals surface area contributed by atoms with Gasteiger partial charge in [-0.2, -0.15) is 0 Å². The van der Waals surface area contributed by atoms with Crippen LogP contribution in [0, 0.1) is 5.92 Å². The fourth-order valence-electron chi connectivity index (χ4n) is 3.76. The van der Waals surface area contributed by atoms with Gasteiger partial charge in [0.25, 0.3) is 0 Å². The summed E-state index contributed by atoms with van der Waals surface area (Å²) in [6.07, 6.45) is 7.42. The summed E-state index contributed by atoms with van der Waals surface area (Å²) < 4.78 is 0. The maximum Gasteiger partial charge on any atom is 0.132 e. The van der Waals surface area contributed by atoms with E-state index in [0.717, 1.165) is 25.7 Å². The van der Waals surface area contributed by atoms with E-state index in [1.54, 1.807) is 5.56 Å². The van der Waals surface area contributed by atoms with E-state index in [2.05, 4.69) is 23.5 Å². The molecule has 2 aliphatic rings. The largest absolute Gasteiger partial charge is 0.313 e. The number of Topliss-reactive ketones (excluding diaryl/α,β-unsaturated/α-hetero) is 1. The highest BCUT2D eigenvalue weighted by Gasteiger charge is 2.27. The van der Waals surface area contributed by atoms with Gasteiger partial charge in [-0.15, -0.1) is 0 Å². The number of carbonyl (C=O) groups is 1. The number of aryl methyl sites for hydroxylation is 2. The van der Waals surface area contributed by atoms with Gasteiger partial charge in [0.15, 0.2) is 0 Å². The van der Waals surface area contributed by atoms with Crippen LogP contribution in [0.4, 0.5) is 0 Å². The molecule has 1 fully saturated rings. The van der Waals surface area contributed by atoms with Crippen LogP contribution >= 0.6 is 0 Å². The van der Waals surface area contributed by atoms with Crippen molar-refractivity contribution in [1.29, 1.82) is 0 Å². The van der Waals surface area contributed by atoms with Crippen LogP contribution < -0.4 is 5.32 Å². The van der Waals surface area contributed by atoms with Gasteiger partial charge >= 0.3 is 0 Å². The van der Waals surface area contributed by atoms with E-state index >= 15 is 0 Å². The van der Waals surface area contributed by atoms with Gasteiger partial charge < -0.3 is 5.32 Å². The van der Waals surface area contributed by atoms with Gasteiger partial charge in [0.05, 0.1) is 0 Å². The van der Waals surface area contributed by atoms with Gasteiger partial charge in [0, 0.05) is 18.9 Å². The standard InChI is InChI=1S/C17H23NO/c1-18-17(13-7-9-16(19)10-8-13)15-6-5-12-3-2-4-14(12)11-15/h5-6,11,13,17-18H,2-4,7-10H2,1H3. The summed E-state index contributed by atoms with van der Waals surface area (Å²) in [7, 11) is 2.05. The lowest BCUT2D eigenvalue weighted by molar-refractivity contribution is -0.121. The van der Waals surface area contributed by atoms with E-state index in [9.17, 15) is 4.79 Å². The molecule has 2 nitrogen and oxygen atoms in total. The molecule has 0 spiro atoms. The predicted molar refractivity (Wildman–Crippen MR) is 77.2 cm³/mol. The van der Waals surface area contributed by atoms with Crippen LogP contribution in [-0.2, 0) is 17.6 Å². The molecular weight excluding hydrogens is 234 g/mol. The zero-order chi connectivity index (χ0) is 13.2. The van der Waals surface area contributed by atoms with Crippen LogP contribution in [0.5, 0.6) is 0 Å². The molecule has 0 aliphatic heterocycles. The van der Waals surface area contributed by atoms with Crippen molar-refractivity contribution in [2.45, 2.75) is 51.0 Å². The first-order valence-corrected chi connectivity index (χ1v) is 7.58. The SMILES string of the molecule is CNC(c1ccc2c(c1)CCC2)C1CCC(=O)CC1. The molecule has 0 heterocycles. The van der Waals surface area contributed by atoms with Crippen LogP contribution in [0.3, 0.4) is 0 Å². The number of rotatable bonds is 3. The van der Waals surface area contributed by atoms with E-state index < -0.39 is 0 Å². The third kappa shape index (κ3) is 2.59. The van der Waals surface area contributed by atoms with Gasteiger partial charge in [0.1, 0.15) is 5.78 Å². The summed E-state index contributed by atoms with van der Waals surface area (Å²) in [6.45, 7) is 0. The van der Waals surface area contributed by atoms with E-state index in [-0.39, 0.29) is 0 Å². The van der Waals surface area contributed by atoms with Crippen molar-refractivity contribution in [2.75, 3.05) is 7.05 Å². The van der Waals surface area contributed by atoms with Crippen molar-refractivity contribution >= 4 is 5.78 Å². The van der Waals surface area contributed by atoms with Crippen molar-refractivity contribution in [2.24, 2.45) is 5.92 Å². The number of carbonyl (C=O) groups excluding carboxylic acids is 1. The Kier molecular flexibility index (Phi) is 3.69. The first-order chi connectivity index (χ1) is 9.28. The van der Waals surface area contributed by atoms with Gasteiger partial charge in [-0.3, -0.25) is 4.79 Å². The van der Waals surface area contributed by atoms with Gasteiger partial charge in [0.2, 0.25) is 0 Å². The van der Waals surface area contributed by atoms with Crippen LogP contribution in [0.1, 0.15) is 54.8 Å². The number of hydrogen-bond acceptors (Lipinski definition) is 2. The molecule has 0 radical (unpaired) electrons. The Morgan fingerprint density at radius 1 is 1.11 bits per heavy atom. The first kappa shape index (κ1) is 12.9. The highest BCUT2D eigenvalue weighted by Crippen LogP contribution is 2.34. The Labute approximate surface area is 115 Å². The number of benzene rings is 1. The minimum atomic E-state index is 0.416. The highest BCUT2D eigenvalue weighted by atomic mass is 16.1. The molecule has 0 amide bonds. The summed E-state index contributed by atoms with van der Waals surface area (Å²) >= 11 is 0. The Balaban J connectivity index is 1.80. The minimum Gasteiger partial charge on any atom is -0.313 e. The number of nitrogens with one attached hydrogen (secondary N) is 1. The summed E-state index contributed by atoms with van der Waals surface area (Å²) in [4.78, 5) is 11.4. The maximum absolute atomic E-state index is 11.4. The molecule has 1 aromatic carbocycles. The van der Waals surface area contributed by atoms with Crippen LogP contribution in [0.2, 0.25) is 0 Å². The Morgan fingerprint density at radius 3 is 2.58 bits per heavy atom. The molecule has 1 atom stereocenters. The second-order valence-electron chi connectivity index (χ2n) is 6.02. The van der Waals surface area contributed by atoms with Crippen molar-refractivity contribution < 1.29 is 4.79 Å². The fourth-order valence-corrected chi connectivity index (χ4v) is 3.76. The number of ketones is 1. The smallest absolute Gasteiger partial charge is 0.132 e. The monoisotopic (exact) mass is 257 g/mol. The molecule has 19 heavy (non-hydrogen) atoms. The zero-order valence-electron chi connectivity index (χ0n) is 11.7. The average molecular weight is 257 g/mol. The molecule has 102 valence electrons. The number of fused-ring (bicyclic) bond motifs is 1. The summed E-state index contributed by atoms with van der Waals surface area (Å²) in [6, 6.07) is 7.43. The topological polar surface area (TPSA) is 29.1 Å². The lowest BCUT2D eigenvalue weighted by atomic mass is 9.80. The Bertz CT molecular complexity index is 470. The van der Waals surface area contributed by atoms with Crippen molar-refractivity contribution in [3.05, 3.63) is 34.9 Å². The summed E-state index contributed by atoms with van der Waals surface area (Å²) in [5.41, 5.74) is 4.50. The minimum absolute atomic E-state index is 0.416. The van der Waals surface area contributed by atoms with Crippen LogP contribution in [0.25, 0.3) is 0 Å². The zero-order valence-corrected chi connectivity index (χ0v) is 11.7. The van der Waals surface area contributed by atoms with E-state index in [4.69, 9.17) is 0 Å². The molecule has 0 bridgehead atoms. The first-order valence-electron chi connectivity index (χ1n) is 7.58.